The number of urea groups is 1. The Kier molecular flexibility index (Phi) is 5.32. The maximum Gasteiger partial charge on any atom is 0.329 e. The average molecular weight is 374 g/mol. The molecule has 9 heteroatoms. The summed E-state index contributed by atoms with van der Waals surface area (Å²) in [6.45, 7) is 0.0973. The van der Waals surface area contributed by atoms with E-state index in [1.165, 1.54) is 19.2 Å². The molecule has 1 heterocycles. The van der Waals surface area contributed by atoms with Gasteiger partial charge >= 0.3 is 12.0 Å². The van der Waals surface area contributed by atoms with Crippen LogP contribution in [0.5, 0.6) is 17.2 Å². The number of carbonyl (C=O) groups is 2. The molecule has 2 atom stereocenters. The number of nitrogens with one attached hydrogen (secondary N) is 2. The van der Waals surface area contributed by atoms with Gasteiger partial charge in [-0.15, -0.1) is 0 Å². The van der Waals surface area contributed by atoms with Gasteiger partial charge in [-0.25, -0.2) is 9.59 Å². The Morgan fingerprint density at radius 1 is 1.11 bits per heavy atom. The molecule has 142 valence electrons. The van der Waals surface area contributed by atoms with Gasteiger partial charge in [-0.1, -0.05) is 12.1 Å². The van der Waals surface area contributed by atoms with Crippen LogP contribution in [0.4, 0.5) is 10.5 Å². The van der Waals surface area contributed by atoms with Crippen molar-refractivity contribution in [3.05, 3.63) is 48.0 Å². The zero-order valence-corrected chi connectivity index (χ0v) is 14.3. The lowest BCUT2D eigenvalue weighted by Gasteiger charge is -2.21. The van der Waals surface area contributed by atoms with E-state index in [4.69, 9.17) is 14.2 Å². The molecule has 0 spiro atoms. The molecule has 1 aliphatic heterocycles. The number of hydrogen-bond acceptors (Lipinski definition) is 6. The number of aliphatic carboxylic acids is 1. The number of rotatable bonds is 6. The number of ether oxygens (including phenoxy) is 3. The zero-order valence-electron chi connectivity index (χ0n) is 14.3. The van der Waals surface area contributed by atoms with Gasteiger partial charge in [0.1, 0.15) is 11.9 Å². The van der Waals surface area contributed by atoms with Crippen molar-refractivity contribution in [3.8, 4) is 17.2 Å². The Morgan fingerprint density at radius 2 is 1.81 bits per heavy atom. The summed E-state index contributed by atoms with van der Waals surface area (Å²) in [7, 11) is 1.49. The molecule has 3 rings (SSSR count). The van der Waals surface area contributed by atoms with Crippen LogP contribution < -0.4 is 24.8 Å². The van der Waals surface area contributed by atoms with Gasteiger partial charge in [0, 0.05) is 11.8 Å². The first-order valence-electron chi connectivity index (χ1n) is 8.00. The molecular weight excluding hydrogens is 356 g/mol. The molecule has 2 aromatic carbocycles. The third-order valence-electron chi connectivity index (χ3n) is 3.96. The number of anilines is 1. The Hall–Kier alpha value is -3.46. The Labute approximate surface area is 154 Å². The van der Waals surface area contributed by atoms with Crippen molar-refractivity contribution >= 4 is 17.7 Å². The number of carboxylic acid groups (broad SMARTS) is 1. The summed E-state index contributed by atoms with van der Waals surface area (Å²) in [6, 6.07) is 8.66. The van der Waals surface area contributed by atoms with Crippen LogP contribution >= 0.6 is 0 Å². The molecule has 0 fully saturated rings. The number of benzene rings is 2. The number of amides is 2. The first kappa shape index (κ1) is 18.3. The SMILES string of the molecule is COc1ccc(C(O)C(NC(=O)Nc2ccc3c(c2)OCO3)C(=O)O)cc1. The minimum atomic E-state index is -1.55. The van der Waals surface area contributed by atoms with Crippen LogP contribution in [-0.4, -0.2) is 42.2 Å². The van der Waals surface area contributed by atoms with Gasteiger partial charge in [0.25, 0.3) is 0 Å². The Morgan fingerprint density at radius 3 is 2.48 bits per heavy atom. The van der Waals surface area contributed by atoms with Crippen molar-refractivity contribution < 1.29 is 34.0 Å². The maximum atomic E-state index is 12.2. The summed E-state index contributed by atoms with van der Waals surface area (Å²) < 4.78 is 15.4. The van der Waals surface area contributed by atoms with Crippen LogP contribution in [0.1, 0.15) is 11.7 Å². The summed E-state index contributed by atoms with van der Waals surface area (Å²) in [6.07, 6.45) is -1.45. The molecule has 2 amide bonds. The summed E-state index contributed by atoms with van der Waals surface area (Å²) in [5, 5.41) is 24.5. The molecule has 9 nitrogen and oxygen atoms in total. The van der Waals surface area contributed by atoms with Crippen LogP contribution in [-0.2, 0) is 4.79 Å². The minimum absolute atomic E-state index is 0.0973. The second-order valence-corrected chi connectivity index (χ2v) is 5.70. The maximum absolute atomic E-state index is 12.2. The molecule has 0 saturated carbocycles. The topological polar surface area (TPSA) is 126 Å². The van der Waals surface area contributed by atoms with Gasteiger partial charge in [0.2, 0.25) is 6.79 Å². The predicted octanol–water partition coefficient (Wildman–Crippen LogP) is 1.73. The molecule has 0 bridgehead atoms. The van der Waals surface area contributed by atoms with Gasteiger partial charge in [-0.2, -0.15) is 0 Å². The van der Waals surface area contributed by atoms with Crippen LogP contribution in [0, 0.1) is 0 Å². The van der Waals surface area contributed by atoms with Gasteiger partial charge in [-0.3, -0.25) is 0 Å². The third kappa shape index (κ3) is 4.21. The lowest BCUT2D eigenvalue weighted by molar-refractivity contribution is -0.142. The molecule has 0 radical (unpaired) electrons. The molecule has 27 heavy (non-hydrogen) atoms. The smallest absolute Gasteiger partial charge is 0.329 e. The molecule has 2 aromatic rings. The molecule has 4 N–H and O–H groups in total. The van der Waals surface area contributed by atoms with E-state index < -0.39 is 24.1 Å². The van der Waals surface area contributed by atoms with E-state index >= 15 is 0 Å². The highest BCUT2D eigenvalue weighted by atomic mass is 16.7. The van der Waals surface area contributed by atoms with E-state index in [1.807, 2.05) is 0 Å². The predicted molar refractivity (Wildman–Crippen MR) is 94.1 cm³/mol. The van der Waals surface area contributed by atoms with E-state index in [2.05, 4.69) is 10.6 Å². The highest BCUT2D eigenvalue weighted by molar-refractivity contribution is 5.92. The standard InChI is InChI=1S/C18H18N2O7/c1-25-12-5-2-10(3-6-12)16(21)15(17(22)23)20-18(24)19-11-4-7-13-14(8-11)27-9-26-13/h2-8,15-16,21H,9H2,1H3,(H,22,23)(H2,19,20,24). The fraction of sp³-hybridized carbons (Fsp3) is 0.222. The van der Waals surface area contributed by atoms with Crippen molar-refractivity contribution in [3.63, 3.8) is 0 Å². The molecule has 1 aliphatic rings. The van der Waals surface area contributed by atoms with Gasteiger partial charge in [-0.05, 0) is 29.8 Å². The molecule has 0 aromatic heterocycles. The minimum Gasteiger partial charge on any atom is -0.497 e. The second-order valence-electron chi connectivity index (χ2n) is 5.70. The molecular formula is C18H18N2O7. The third-order valence-corrected chi connectivity index (χ3v) is 3.96. The quantitative estimate of drug-likeness (QED) is 0.606. The number of fused-ring (bicyclic) bond motifs is 1. The number of carbonyl (C=O) groups excluding carboxylic acids is 1. The number of methoxy groups -OCH3 is 1. The monoisotopic (exact) mass is 374 g/mol. The first-order chi connectivity index (χ1) is 13.0. The fourth-order valence-electron chi connectivity index (χ4n) is 2.55. The lowest BCUT2D eigenvalue weighted by atomic mass is 10.0. The van der Waals surface area contributed by atoms with E-state index in [1.54, 1.807) is 30.3 Å². The van der Waals surface area contributed by atoms with E-state index in [0.717, 1.165) is 0 Å². The second kappa shape index (κ2) is 7.83. The first-order valence-corrected chi connectivity index (χ1v) is 8.00. The lowest BCUT2D eigenvalue weighted by Crippen LogP contribution is -2.46. The highest BCUT2D eigenvalue weighted by Gasteiger charge is 2.29. The normalized spacial score (nSPS) is 14.1. The average Bonchev–Trinajstić information content (AvgIpc) is 3.13. The summed E-state index contributed by atoms with van der Waals surface area (Å²) in [5.74, 6) is 0.214. The van der Waals surface area contributed by atoms with Crippen LogP contribution in [0.15, 0.2) is 42.5 Å². The highest BCUT2D eigenvalue weighted by Crippen LogP contribution is 2.34. The number of carboxylic acids is 1. The fourth-order valence-corrected chi connectivity index (χ4v) is 2.55. The Bertz CT molecular complexity index is 838. The van der Waals surface area contributed by atoms with Crippen molar-refractivity contribution in [2.75, 3.05) is 19.2 Å². The summed E-state index contributed by atoms with van der Waals surface area (Å²) >= 11 is 0. The molecule has 0 saturated heterocycles. The number of hydrogen-bond donors (Lipinski definition) is 4. The Balaban J connectivity index is 1.67. The van der Waals surface area contributed by atoms with Crippen LogP contribution in [0.25, 0.3) is 0 Å². The van der Waals surface area contributed by atoms with Crippen LogP contribution in [0.2, 0.25) is 0 Å². The van der Waals surface area contributed by atoms with Gasteiger partial charge < -0.3 is 35.1 Å². The summed E-state index contributed by atoms with van der Waals surface area (Å²) in [5.41, 5.74) is 0.714. The van der Waals surface area contributed by atoms with E-state index in [-0.39, 0.29) is 6.79 Å². The van der Waals surface area contributed by atoms with E-state index in [0.29, 0.717) is 28.5 Å². The number of aliphatic hydroxyl groups is 1. The van der Waals surface area contributed by atoms with Crippen molar-refractivity contribution in [2.45, 2.75) is 12.1 Å². The van der Waals surface area contributed by atoms with Crippen molar-refractivity contribution in [2.24, 2.45) is 0 Å². The van der Waals surface area contributed by atoms with Crippen molar-refractivity contribution in [1.82, 2.24) is 5.32 Å². The summed E-state index contributed by atoms with van der Waals surface area (Å²) in [4.78, 5) is 23.7. The van der Waals surface area contributed by atoms with E-state index in [9.17, 15) is 19.8 Å². The molecule has 2 unspecified atom stereocenters. The molecule has 0 aliphatic carbocycles. The number of aliphatic hydroxyl groups excluding tert-OH is 1. The zero-order chi connectivity index (χ0) is 19.4. The van der Waals surface area contributed by atoms with Gasteiger partial charge in [0.15, 0.2) is 17.5 Å². The van der Waals surface area contributed by atoms with Gasteiger partial charge in [0.05, 0.1) is 7.11 Å². The van der Waals surface area contributed by atoms with Crippen LogP contribution in [0.3, 0.4) is 0 Å². The largest absolute Gasteiger partial charge is 0.497 e. The van der Waals surface area contributed by atoms with Crippen molar-refractivity contribution in [1.29, 1.82) is 0 Å².